The fourth-order valence-electron chi connectivity index (χ4n) is 2.62. The van der Waals surface area contributed by atoms with Crippen molar-refractivity contribution in [2.45, 2.75) is 32.3 Å². The number of carbonyl (C=O) groups is 2. The van der Waals surface area contributed by atoms with Gasteiger partial charge in [0.1, 0.15) is 12.4 Å². The van der Waals surface area contributed by atoms with Gasteiger partial charge in [-0.3, -0.25) is 9.59 Å². The average Bonchev–Trinajstić information content (AvgIpc) is 2.54. The normalized spacial score (nSPS) is 20.4. The molecule has 1 heterocycles. The molecular weight excluding hydrogens is 308 g/mol. The number of ether oxygens (including phenoxy) is 1. The average molecular weight is 332 g/mol. The third-order valence-electron chi connectivity index (χ3n) is 4.04. The van der Waals surface area contributed by atoms with Gasteiger partial charge in [-0.25, -0.2) is 0 Å². The van der Waals surface area contributed by atoms with E-state index in [4.69, 9.17) is 10.5 Å². The summed E-state index contributed by atoms with van der Waals surface area (Å²) in [7, 11) is 0. The Morgan fingerprint density at radius 3 is 2.83 bits per heavy atom. The molecule has 1 aliphatic heterocycles. The van der Waals surface area contributed by atoms with Gasteiger partial charge in [-0.1, -0.05) is 11.6 Å². The van der Waals surface area contributed by atoms with E-state index in [-0.39, 0.29) is 18.9 Å². The van der Waals surface area contributed by atoms with Crippen LogP contribution in [0.4, 0.5) is 0 Å². The topological polar surface area (TPSA) is 92.9 Å². The summed E-state index contributed by atoms with van der Waals surface area (Å²) in [4.78, 5) is 25.5. The second-order valence-corrected chi connectivity index (χ2v) is 6.35. The van der Waals surface area contributed by atoms with Crippen LogP contribution in [0.2, 0.25) is 0 Å². The summed E-state index contributed by atoms with van der Waals surface area (Å²) < 4.78 is 5.60. The van der Waals surface area contributed by atoms with Crippen molar-refractivity contribution in [2.75, 3.05) is 19.7 Å². The van der Waals surface area contributed by atoms with Gasteiger partial charge in [0.05, 0.1) is 6.54 Å². The van der Waals surface area contributed by atoms with Crippen molar-refractivity contribution in [3.8, 4) is 5.75 Å². The van der Waals surface area contributed by atoms with E-state index in [1.54, 1.807) is 24.3 Å². The lowest BCUT2D eigenvalue weighted by molar-refractivity contribution is -0.140. The van der Waals surface area contributed by atoms with E-state index >= 15 is 0 Å². The van der Waals surface area contributed by atoms with Crippen LogP contribution >= 0.6 is 0 Å². The van der Waals surface area contributed by atoms with Crippen LogP contribution in [0, 0.1) is 0 Å². The molecule has 0 aliphatic carbocycles. The number of nitrogens with zero attached hydrogens (tertiary/aromatic N) is 1. The van der Waals surface area contributed by atoms with Crippen molar-refractivity contribution >= 4 is 11.8 Å². The number of aliphatic hydroxyl groups is 1. The number of amides is 2. The lowest BCUT2D eigenvalue weighted by atomic mass is 9.92. The molecule has 1 unspecified atom stereocenters. The summed E-state index contributed by atoms with van der Waals surface area (Å²) >= 11 is 0. The van der Waals surface area contributed by atoms with Gasteiger partial charge >= 0.3 is 0 Å². The lowest BCUT2D eigenvalue weighted by Crippen LogP contribution is -2.57. The van der Waals surface area contributed by atoms with Crippen LogP contribution < -0.4 is 10.5 Å². The van der Waals surface area contributed by atoms with Crippen LogP contribution in [0.3, 0.4) is 0 Å². The zero-order valence-electron chi connectivity index (χ0n) is 14.1. The van der Waals surface area contributed by atoms with E-state index in [0.29, 0.717) is 30.9 Å². The van der Waals surface area contributed by atoms with Crippen molar-refractivity contribution in [1.29, 1.82) is 0 Å². The molecule has 0 radical (unpaired) electrons. The highest BCUT2D eigenvalue weighted by Crippen LogP contribution is 2.23. The molecule has 6 heteroatoms. The van der Waals surface area contributed by atoms with Crippen molar-refractivity contribution in [3.63, 3.8) is 0 Å². The summed E-state index contributed by atoms with van der Waals surface area (Å²) in [5.74, 6) is -0.443. The molecule has 1 atom stereocenters. The van der Waals surface area contributed by atoms with Crippen LogP contribution in [0.1, 0.15) is 37.0 Å². The third kappa shape index (κ3) is 4.35. The number of primary amides is 1. The third-order valence-corrected chi connectivity index (χ3v) is 4.04. The molecule has 130 valence electrons. The van der Waals surface area contributed by atoms with Crippen molar-refractivity contribution in [1.82, 2.24) is 4.90 Å². The molecule has 2 amide bonds. The molecule has 24 heavy (non-hydrogen) atoms. The SMILES string of the molecule is CC(C)=CCOc1cccc(C(=O)N2CCCC(O)(C(N)=O)C2)c1. The molecule has 0 saturated carbocycles. The Balaban J connectivity index is 2.09. The van der Waals surface area contributed by atoms with Crippen LogP contribution in [0.25, 0.3) is 0 Å². The number of β-amino-alcohol motifs (C(OH)–C–C–N with tert-alkyl or cyclic N) is 1. The maximum Gasteiger partial charge on any atom is 0.254 e. The fraction of sp³-hybridized carbons (Fsp3) is 0.444. The van der Waals surface area contributed by atoms with Crippen molar-refractivity contribution < 1.29 is 19.4 Å². The first-order valence-corrected chi connectivity index (χ1v) is 7.99. The van der Waals surface area contributed by atoms with Gasteiger partial charge in [0.25, 0.3) is 11.8 Å². The van der Waals surface area contributed by atoms with Gasteiger partial charge in [0.15, 0.2) is 5.60 Å². The summed E-state index contributed by atoms with van der Waals surface area (Å²) in [6.07, 6.45) is 2.76. The van der Waals surface area contributed by atoms with Crippen LogP contribution in [0.5, 0.6) is 5.75 Å². The highest BCUT2D eigenvalue weighted by Gasteiger charge is 2.40. The van der Waals surface area contributed by atoms with E-state index in [1.165, 1.54) is 4.90 Å². The number of benzene rings is 1. The Morgan fingerprint density at radius 1 is 1.42 bits per heavy atom. The van der Waals surface area contributed by atoms with Gasteiger partial charge in [-0.2, -0.15) is 0 Å². The second-order valence-electron chi connectivity index (χ2n) is 6.35. The molecule has 1 aliphatic rings. The van der Waals surface area contributed by atoms with Gasteiger partial charge in [0.2, 0.25) is 0 Å². The van der Waals surface area contributed by atoms with Crippen molar-refractivity contribution in [3.05, 3.63) is 41.5 Å². The largest absolute Gasteiger partial charge is 0.490 e. The number of nitrogens with two attached hydrogens (primary N) is 1. The number of hydrogen-bond acceptors (Lipinski definition) is 4. The molecule has 2 rings (SSSR count). The lowest BCUT2D eigenvalue weighted by Gasteiger charge is -2.37. The van der Waals surface area contributed by atoms with Gasteiger partial charge in [-0.15, -0.1) is 0 Å². The maximum atomic E-state index is 12.6. The molecule has 6 nitrogen and oxygen atoms in total. The smallest absolute Gasteiger partial charge is 0.254 e. The molecule has 1 aromatic rings. The maximum absolute atomic E-state index is 12.6. The van der Waals surface area contributed by atoms with Gasteiger partial charge in [0, 0.05) is 12.1 Å². The fourth-order valence-corrected chi connectivity index (χ4v) is 2.62. The van der Waals surface area contributed by atoms with E-state index < -0.39 is 11.5 Å². The van der Waals surface area contributed by atoms with Crippen LogP contribution in [-0.2, 0) is 4.79 Å². The van der Waals surface area contributed by atoms with E-state index in [0.717, 1.165) is 5.57 Å². The summed E-state index contributed by atoms with van der Waals surface area (Å²) in [6.45, 7) is 4.81. The number of rotatable bonds is 5. The minimum atomic E-state index is -1.65. The zero-order chi connectivity index (χ0) is 17.7. The number of hydrogen-bond donors (Lipinski definition) is 2. The van der Waals surface area contributed by atoms with E-state index in [9.17, 15) is 14.7 Å². The quantitative estimate of drug-likeness (QED) is 0.799. The van der Waals surface area contributed by atoms with Crippen LogP contribution in [-0.4, -0.2) is 47.1 Å². The second kappa shape index (κ2) is 7.49. The molecular formula is C18H24N2O4. The Labute approximate surface area is 141 Å². The number of allylic oxidation sites excluding steroid dienone is 1. The standard InChI is InChI=1S/C18H24N2O4/c1-13(2)7-10-24-15-6-3-5-14(11-15)16(21)20-9-4-8-18(23,12-20)17(19)22/h3,5-7,11,23H,4,8-10,12H2,1-2H3,(H2,19,22). The minimum absolute atomic E-state index is 0.0793. The highest BCUT2D eigenvalue weighted by atomic mass is 16.5. The Bertz CT molecular complexity index is 652. The Kier molecular flexibility index (Phi) is 5.62. The predicted molar refractivity (Wildman–Crippen MR) is 90.6 cm³/mol. The minimum Gasteiger partial charge on any atom is -0.490 e. The van der Waals surface area contributed by atoms with E-state index in [1.807, 2.05) is 19.9 Å². The molecule has 3 N–H and O–H groups in total. The highest BCUT2D eigenvalue weighted by molar-refractivity contribution is 5.95. The molecule has 1 aromatic carbocycles. The van der Waals surface area contributed by atoms with Gasteiger partial charge < -0.3 is 20.5 Å². The number of likely N-dealkylation sites (tertiary alicyclic amines) is 1. The Hall–Kier alpha value is -2.34. The first-order valence-electron chi connectivity index (χ1n) is 7.99. The first kappa shape index (κ1) is 18.0. The molecule has 0 spiro atoms. The zero-order valence-corrected chi connectivity index (χ0v) is 14.1. The summed E-state index contributed by atoms with van der Waals surface area (Å²) in [6, 6.07) is 6.88. The number of piperidine rings is 1. The van der Waals surface area contributed by atoms with Crippen molar-refractivity contribution in [2.24, 2.45) is 5.73 Å². The molecule has 0 bridgehead atoms. The molecule has 1 saturated heterocycles. The Morgan fingerprint density at radius 2 is 2.17 bits per heavy atom. The summed E-state index contributed by atoms with van der Waals surface area (Å²) in [5, 5.41) is 10.2. The van der Waals surface area contributed by atoms with E-state index in [2.05, 4.69) is 0 Å². The molecule has 0 aromatic heterocycles. The summed E-state index contributed by atoms with van der Waals surface area (Å²) in [5.41, 5.74) is 5.22. The molecule has 1 fully saturated rings. The monoisotopic (exact) mass is 332 g/mol. The van der Waals surface area contributed by atoms with Crippen LogP contribution in [0.15, 0.2) is 35.9 Å². The first-order chi connectivity index (χ1) is 11.3. The van der Waals surface area contributed by atoms with Gasteiger partial charge in [-0.05, 0) is 51.0 Å². The predicted octanol–water partition coefficient (Wildman–Crippen LogP) is 1.48. The number of carbonyl (C=O) groups excluding carboxylic acids is 2.